The van der Waals surface area contributed by atoms with E-state index in [0.29, 0.717) is 24.9 Å². The zero-order valence-corrected chi connectivity index (χ0v) is 9.24. The number of hydrogen-bond acceptors (Lipinski definition) is 4. The van der Waals surface area contributed by atoms with E-state index in [2.05, 4.69) is 15.5 Å². The number of nitrogens with one attached hydrogen (secondary N) is 2. The molecule has 5 nitrogen and oxygen atoms in total. The van der Waals surface area contributed by atoms with Gasteiger partial charge in [0, 0.05) is 31.6 Å². The van der Waals surface area contributed by atoms with Gasteiger partial charge >= 0.3 is 0 Å². The minimum absolute atomic E-state index is 0.0763. The predicted molar refractivity (Wildman–Crippen MR) is 57.7 cm³/mol. The van der Waals surface area contributed by atoms with Crippen LogP contribution in [0.1, 0.15) is 25.7 Å². The summed E-state index contributed by atoms with van der Waals surface area (Å²) in [6.07, 6.45) is 3.56. The Morgan fingerprint density at radius 2 is 2.06 bits per heavy atom. The second-order valence-electron chi connectivity index (χ2n) is 5.00. The average molecular weight is 223 g/mol. The quantitative estimate of drug-likeness (QED) is 0.573. The number of nitrogens with zero attached hydrogens (tertiary/aromatic N) is 1. The lowest BCUT2D eigenvalue weighted by molar-refractivity contribution is -0.139. The van der Waals surface area contributed by atoms with Gasteiger partial charge in [0.05, 0.1) is 6.04 Å². The lowest BCUT2D eigenvalue weighted by atomic mass is 9.89. The highest BCUT2D eigenvalue weighted by molar-refractivity contribution is 6.00. The third-order valence-corrected chi connectivity index (χ3v) is 4.00. The lowest BCUT2D eigenvalue weighted by Crippen LogP contribution is -2.66. The molecule has 2 bridgehead atoms. The van der Waals surface area contributed by atoms with Gasteiger partial charge in [0.25, 0.3) is 0 Å². The van der Waals surface area contributed by atoms with Crippen molar-refractivity contribution in [2.24, 2.45) is 0 Å². The van der Waals surface area contributed by atoms with Crippen LogP contribution in [0.4, 0.5) is 0 Å². The molecule has 3 atom stereocenters. The van der Waals surface area contributed by atoms with Gasteiger partial charge in [-0.05, 0) is 19.3 Å². The van der Waals surface area contributed by atoms with Crippen LogP contribution >= 0.6 is 0 Å². The first kappa shape index (κ1) is 10.2. The molecule has 4 aliphatic heterocycles. The summed E-state index contributed by atoms with van der Waals surface area (Å²) in [5, 5.41) is 5.92. The maximum atomic E-state index is 11.8. The minimum atomic E-state index is -0.124. The number of imide groups is 1. The number of amides is 2. The van der Waals surface area contributed by atoms with Crippen LogP contribution < -0.4 is 10.6 Å². The van der Waals surface area contributed by atoms with Gasteiger partial charge in [0.2, 0.25) is 11.8 Å². The average Bonchev–Trinajstić information content (AvgIpc) is 2.30. The molecule has 0 saturated carbocycles. The number of carbonyl (C=O) groups is 2. The van der Waals surface area contributed by atoms with Gasteiger partial charge in [-0.15, -0.1) is 0 Å². The first-order chi connectivity index (χ1) is 7.74. The van der Waals surface area contributed by atoms with E-state index in [-0.39, 0.29) is 17.9 Å². The van der Waals surface area contributed by atoms with Crippen LogP contribution in [0.5, 0.6) is 0 Å². The Kier molecular flexibility index (Phi) is 2.44. The molecular formula is C11H17N3O2. The number of hydrogen-bond donors (Lipinski definition) is 2. The van der Waals surface area contributed by atoms with Gasteiger partial charge in [-0.3, -0.25) is 19.8 Å². The normalized spacial score (nSPS) is 39.9. The van der Waals surface area contributed by atoms with Crippen molar-refractivity contribution in [3.05, 3.63) is 0 Å². The Labute approximate surface area is 94.6 Å². The maximum Gasteiger partial charge on any atom is 0.243 e. The van der Waals surface area contributed by atoms with Crippen molar-refractivity contribution in [1.29, 1.82) is 0 Å². The predicted octanol–water partition coefficient (Wildman–Crippen LogP) is -0.772. The van der Waals surface area contributed by atoms with E-state index in [0.717, 1.165) is 13.1 Å². The van der Waals surface area contributed by atoms with Crippen LogP contribution in [-0.2, 0) is 9.59 Å². The smallest absolute Gasteiger partial charge is 0.243 e. The Morgan fingerprint density at radius 3 is 2.62 bits per heavy atom. The van der Waals surface area contributed by atoms with Crippen molar-refractivity contribution in [3.63, 3.8) is 0 Å². The zero-order valence-electron chi connectivity index (χ0n) is 9.24. The van der Waals surface area contributed by atoms with E-state index in [4.69, 9.17) is 0 Å². The van der Waals surface area contributed by atoms with Crippen molar-refractivity contribution >= 4 is 11.8 Å². The van der Waals surface area contributed by atoms with Gasteiger partial charge < -0.3 is 5.32 Å². The van der Waals surface area contributed by atoms with Crippen LogP contribution in [0.15, 0.2) is 0 Å². The summed E-state index contributed by atoms with van der Waals surface area (Å²) >= 11 is 0. The van der Waals surface area contributed by atoms with Crippen LogP contribution in [0.2, 0.25) is 0 Å². The molecule has 4 saturated heterocycles. The topological polar surface area (TPSA) is 61.4 Å². The minimum Gasteiger partial charge on any atom is -0.311 e. The summed E-state index contributed by atoms with van der Waals surface area (Å²) in [5.74, 6) is -0.217. The second kappa shape index (κ2) is 3.82. The number of carbonyl (C=O) groups excluding carboxylic acids is 2. The molecule has 0 spiro atoms. The molecule has 4 heterocycles. The molecule has 2 amide bonds. The van der Waals surface area contributed by atoms with Gasteiger partial charge in [0.15, 0.2) is 0 Å². The molecule has 4 rings (SSSR count). The molecule has 16 heavy (non-hydrogen) atoms. The monoisotopic (exact) mass is 223 g/mol. The van der Waals surface area contributed by atoms with Crippen molar-refractivity contribution in [3.8, 4) is 0 Å². The van der Waals surface area contributed by atoms with Crippen molar-refractivity contribution < 1.29 is 9.59 Å². The molecule has 4 aliphatic rings. The van der Waals surface area contributed by atoms with Crippen LogP contribution in [0, 0.1) is 0 Å². The molecule has 0 aromatic rings. The van der Waals surface area contributed by atoms with Gasteiger partial charge in [-0.1, -0.05) is 0 Å². The molecular weight excluding hydrogens is 206 g/mol. The van der Waals surface area contributed by atoms with E-state index in [1.165, 1.54) is 12.8 Å². The molecule has 88 valence electrons. The van der Waals surface area contributed by atoms with Crippen LogP contribution in [0.3, 0.4) is 0 Å². The van der Waals surface area contributed by atoms with Gasteiger partial charge in [-0.25, -0.2) is 0 Å². The Bertz CT molecular complexity index is 323. The Balaban J connectivity index is 1.73. The third-order valence-electron chi connectivity index (χ3n) is 4.00. The third kappa shape index (κ3) is 1.64. The molecule has 4 fully saturated rings. The second-order valence-corrected chi connectivity index (χ2v) is 5.00. The fourth-order valence-electron chi connectivity index (χ4n) is 3.12. The molecule has 1 unspecified atom stereocenters. The fraction of sp³-hybridized carbons (Fsp3) is 0.818. The molecule has 0 radical (unpaired) electrons. The summed E-state index contributed by atoms with van der Waals surface area (Å²) in [6, 6.07) is 0.942. The summed E-state index contributed by atoms with van der Waals surface area (Å²) in [5.41, 5.74) is 0. The van der Waals surface area contributed by atoms with E-state index in [1.54, 1.807) is 0 Å². The molecule has 0 aromatic heterocycles. The molecule has 0 aromatic carbocycles. The van der Waals surface area contributed by atoms with Crippen LogP contribution in [0.25, 0.3) is 0 Å². The molecule has 0 aliphatic carbocycles. The highest BCUT2D eigenvalue weighted by Crippen LogP contribution is 2.26. The first-order valence-electron chi connectivity index (χ1n) is 6.07. The first-order valence-corrected chi connectivity index (χ1v) is 6.07. The van der Waals surface area contributed by atoms with E-state index >= 15 is 0 Å². The highest BCUT2D eigenvalue weighted by Gasteiger charge is 2.41. The van der Waals surface area contributed by atoms with E-state index in [1.807, 2.05) is 0 Å². The SMILES string of the molecule is O=C1CCC(N2C[C@@H]3CC[C@@H]2CN3)C(=O)N1. The van der Waals surface area contributed by atoms with E-state index < -0.39 is 0 Å². The Morgan fingerprint density at radius 1 is 1.19 bits per heavy atom. The molecule has 5 heteroatoms. The van der Waals surface area contributed by atoms with Crippen molar-refractivity contribution in [2.75, 3.05) is 13.1 Å². The number of fused-ring (bicyclic) bond motifs is 3. The number of rotatable bonds is 1. The maximum absolute atomic E-state index is 11.8. The molecule has 2 N–H and O–H groups in total. The zero-order chi connectivity index (χ0) is 11.1. The van der Waals surface area contributed by atoms with Crippen molar-refractivity contribution in [2.45, 2.75) is 43.8 Å². The van der Waals surface area contributed by atoms with Gasteiger partial charge in [-0.2, -0.15) is 0 Å². The summed E-state index contributed by atoms with van der Waals surface area (Å²) in [6.45, 7) is 1.94. The summed E-state index contributed by atoms with van der Waals surface area (Å²) < 4.78 is 0. The summed E-state index contributed by atoms with van der Waals surface area (Å²) in [7, 11) is 0. The Hall–Kier alpha value is -0.940. The largest absolute Gasteiger partial charge is 0.311 e. The lowest BCUT2D eigenvalue weighted by Gasteiger charge is -2.49. The summed E-state index contributed by atoms with van der Waals surface area (Å²) in [4.78, 5) is 25.2. The number of piperidine rings is 3. The van der Waals surface area contributed by atoms with Gasteiger partial charge in [0.1, 0.15) is 0 Å². The van der Waals surface area contributed by atoms with E-state index in [9.17, 15) is 9.59 Å². The fourth-order valence-corrected chi connectivity index (χ4v) is 3.12. The highest BCUT2D eigenvalue weighted by atomic mass is 16.2. The number of piperazine rings is 1. The van der Waals surface area contributed by atoms with Crippen molar-refractivity contribution in [1.82, 2.24) is 15.5 Å². The standard InChI is InChI=1S/C11H17N3O2/c15-10-4-3-9(11(16)13-10)14-6-7-1-2-8(14)5-12-7/h7-9,12H,1-6H2,(H,13,15,16)/t7-,8+,9?/m0/s1. The van der Waals surface area contributed by atoms with Crippen LogP contribution in [-0.4, -0.2) is 47.9 Å².